The molecule has 0 radical (unpaired) electrons. The third kappa shape index (κ3) is 2.21. The molecule has 1 fully saturated rings. The Bertz CT molecular complexity index is 548. The minimum Gasteiger partial charge on any atom is -0.353 e. The summed E-state index contributed by atoms with van der Waals surface area (Å²) in [7, 11) is 0. The van der Waals surface area contributed by atoms with Crippen LogP contribution < -0.4 is 10.6 Å². The van der Waals surface area contributed by atoms with E-state index in [1.807, 2.05) is 18.5 Å². The fourth-order valence-electron chi connectivity index (χ4n) is 3.20. The molecule has 0 amide bonds. The van der Waals surface area contributed by atoms with Gasteiger partial charge in [0.05, 0.1) is 0 Å². The number of aromatic nitrogens is 2. The molecule has 4 heteroatoms. The quantitative estimate of drug-likeness (QED) is 0.919. The molecule has 3 heterocycles. The van der Waals surface area contributed by atoms with Crippen molar-refractivity contribution in [3.8, 4) is 0 Å². The van der Waals surface area contributed by atoms with Crippen LogP contribution in [0.4, 0.5) is 5.82 Å². The number of nitrogens with two attached hydrogens (primary N) is 1. The highest BCUT2D eigenvalue weighted by molar-refractivity contribution is 5.52. The summed E-state index contributed by atoms with van der Waals surface area (Å²) in [6, 6.07) is 6.74. The van der Waals surface area contributed by atoms with Crippen LogP contribution in [-0.2, 0) is 0 Å². The molecule has 1 saturated heterocycles. The van der Waals surface area contributed by atoms with Crippen LogP contribution in [-0.4, -0.2) is 28.5 Å². The van der Waals surface area contributed by atoms with Crippen LogP contribution in [0.5, 0.6) is 0 Å². The van der Waals surface area contributed by atoms with Crippen LogP contribution in [0, 0.1) is 5.92 Å². The molecule has 2 atom stereocenters. The monoisotopic (exact) mass is 258 g/mol. The molecule has 1 aliphatic heterocycles. The minimum absolute atomic E-state index is 0.451. The molecule has 1 aliphatic rings. The fourth-order valence-corrected chi connectivity index (χ4v) is 3.20. The Morgan fingerprint density at radius 2 is 2.32 bits per heavy atom. The highest BCUT2D eigenvalue weighted by Gasteiger charge is 2.27. The molecule has 2 N–H and O–H groups in total. The maximum Gasteiger partial charge on any atom is 0.138 e. The predicted molar refractivity (Wildman–Crippen MR) is 78.4 cm³/mol. The molecular formula is C15H22N4. The van der Waals surface area contributed by atoms with Gasteiger partial charge in [-0.3, -0.25) is 4.40 Å². The van der Waals surface area contributed by atoms with E-state index in [0.29, 0.717) is 6.04 Å². The molecule has 2 unspecified atom stereocenters. The van der Waals surface area contributed by atoms with Crippen LogP contribution in [0.3, 0.4) is 0 Å². The predicted octanol–water partition coefficient (Wildman–Crippen LogP) is 2.29. The van der Waals surface area contributed by atoms with Crippen LogP contribution >= 0.6 is 0 Å². The van der Waals surface area contributed by atoms with Crippen LogP contribution in [0.25, 0.3) is 5.65 Å². The molecule has 4 nitrogen and oxygen atoms in total. The second-order valence-electron chi connectivity index (χ2n) is 5.42. The average Bonchev–Trinajstić information content (AvgIpc) is 2.95. The molecular weight excluding hydrogens is 236 g/mol. The zero-order valence-corrected chi connectivity index (χ0v) is 11.5. The highest BCUT2D eigenvalue weighted by Crippen LogP contribution is 2.29. The molecule has 102 valence electrons. The van der Waals surface area contributed by atoms with Gasteiger partial charge in [-0.05, 0) is 30.9 Å². The van der Waals surface area contributed by atoms with Crippen LogP contribution in [0.15, 0.2) is 30.6 Å². The second kappa shape index (κ2) is 5.21. The molecule has 0 aliphatic carbocycles. The van der Waals surface area contributed by atoms with Crippen LogP contribution in [0.1, 0.15) is 26.2 Å². The summed E-state index contributed by atoms with van der Waals surface area (Å²) in [5.41, 5.74) is 7.01. The van der Waals surface area contributed by atoms with E-state index in [2.05, 4.69) is 33.3 Å². The molecule has 19 heavy (non-hydrogen) atoms. The Kier molecular flexibility index (Phi) is 3.42. The number of imidazole rings is 1. The normalized spacial score (nSPS) is 24.0. The zero-order chi connectivity index (χ0) is 13.2. The molecule has 3 rings (SSSR count). The van der Waals surface area contributed by atoms with Gasteiger partial charge >= 0.3 is 0 Å². The van der Waals surface area contributed by atoms with E-state index in [0.717, 1.165) is 24.7 Å². The van der Waals surface area contributed by atoms with Crippen molar-refractivity contribution in [3.63, 3.8) is 0 Å². The smallest absolute Gasteiger partial charge is 0.138 e. The van der Waals surface area contributed by atoms with E-state index < -0.39 is 0 Å². The molecule has 2 aromatic heterocycles. The van der Waals surface area contributed by atoms with E-state index in [4.69, 9.17) is 5.73 Å². The lowest BCUT2D eigenvalue weighted by atomic mass is 9.89. The Hall–Kier alpha value is -1.55. The molecule has 0 bridgehead atoms. The Morgan fingerprint density at radius 3 is 3.11 bits per heavy atom. The lowest BCUT2D eigenvalue weighted by molar-refractivity contribution is 0.334. The fraction of sp³-hybridized carbons (Fsp3) is 0.533. The van der Waals surface area contributed by atoms with Crippen molar-refractivity contribution in [2.75, 3.05) is 18.0 Å². The van der Waals surface area contributed by atoms with Crippen molar-refractivity contribution in [2.45, 2.75) is 32.2 Å². The number of fused-ring (bicyclic) bond motifs is 1. The Morgan fingerprint density at radius 1 is 1.42 bits per heavy atom. The van der Waals surface area contributed by atoms with Gasteiger partial charge in [-0.25, -0.2) is 4.98 Å². The minimum atomic E-state index is 0.451. The third-order valence-corrected chi connectivity index (χ3v) is 4.37. The van der Waals surface area contributed by atoms with E-state index in [1.54, 1.807) is 0 Å². The number of nitrogens with zero attached hydrogens (tertiary/aromatic N) is 3. The topological polar surface area (TPSA) is 46.6 Å². The highest BCUT2D eigenvalue weighted by atomic mass is 15.3. The SMILES string of the molecule is CCC1CCN(c2cccc3nccn23)C(CN)C1. The van der Waals surface area contributed by atoms with Crippen LogP contribution in [0.2, 0.25) is 0 Å². The third-order valence-electron chi connectivity index (χ3n) is 4.37. The van der Waals surface area contributed by atoms with Crippen molar-refractivity contribution in [1.29, 1.82) is 0 Å². The zero-order valence-electron chi connectivity index (χ0n) is 11.5. The average molecular weight is 258 g/mol. The van der Waals surface area contributed by atoms with Gasteiger partial charge < -0.3 is 10.6 Å². The second-order valence-corrected chi connectivity index (χ2v) is 5.42. The Balaban J connectivity index is 1.94. The standard InChI is InChI=1S/C15H22N4/c1-2-12-6-8-18(13(10-12)11-16)15-5-3-4-14-17-7-9-19(14)15/h3-5,7,9,12-13H,2,6,8,10-11,16H2,1H3. The van der Waals surface area contributed by atoms with E-state index >= 15 is 0 Å². The van der Waals surface area contributed by atoms with Crippen molar-refractivity contribution in [2.24, 2.45) is 11.7 Å². The number of piperidine rings is 1. The van der Waals surface area contributed by atoms with Crippen molar-refractivity contribution < 1.29 is 0 Å². The maximum absolute atomic E-state index is 6.00. The summed E-state index contributed by atoms with van der Waals surface area (Å²) in [5, 5.41) is 0. The molecule has 2 aromatic rings. The Labute approximate surface area is 114 Å². The van der Waals surface area contributed by atoms with E-state index in [1.165, 1.54) is 25.1 Å². The van der Waals surface area contributed by atoms with Gasteiger partial charge in [0.25, 0.3) is 0 Å². The number of hydrogen-bond donors (Lipinski definition) is 1. The number of pyridine rings is 1. The summed E-state index contributed by atoms with van der Waals surface area (Å²) >= 11 is 0. The number of rotatable bonds is 3. The summed E-state index contributed by atoms with van der Waals surface area (Å²) in [6.45, 7) is 4.10. The van der Waals surface area contributed by atoms with Crippen molar-refractivity contribution in [3.05, 3.63) is 30.6 Å². The largest absolute Gasteiger partial charge is 0.353 e. The first-order chi connectivity index (χ1) is 9.33. The van der Waals surface area contributed by atoms with E-state index in [9.17, 15) is 0 Å². The summed E-state index contributed by atoms with van der Waals surface area (Å²) in [5.74, 6) is 2.05. The van der Waals surface area contributed by atoms with Gasteiger partial charge in [0.1, 0.15) is 11.5 Å². The number of anilines is 1. The number of hydrogen-bond acceptors (Lipinski definition) is 3. The van der Waals surface area contributed by atoms with E-state index in [-0.39, 0.29) is 0 Å². The van der Waals surface area contributed by atoms with Gasteiger partial charge in [-0.2, -0.15) is 0 Å². The lowest BCUT2D eigenvalue weighted by Crippen LogP contribution is -2.47. The van der Waals surface area contributed by atoms with Crippen molar-refractivity contribution in [1.82, 2.24) is 9.38 Å². The van der Waals surface area contributed by atoms with Gasteiger partial charge in [-0.15, -0.1) is 0 Å². The first-order valence-corrected chi connectivity index (χ1v) is 7.22. The first-order valence-electron chi connectivity index (χ1n) is 7.22. The molecule has 0 aromatic carbocycles. The van der Waals surface area contributed by atoms with Crippen molar-refractivity contribution >= 4 is 11.5 Å². The molecule has 0 spiro atoms. The lowest BCUT2D eigenvalue weighted by Gasteiger charge is -2.40. The van der Waals surface area contributed by atoms with Gasteiger partial charge in [0.15, 0.2) is 0 Å². The summed E-state index contributed by atoms with van der Waals surface area (Å²) < 4.78 is 2.16. The summed E-state index contributed by atoms with van der Waals surface area (Å²) in [4.78, 5) is 6.82. The maximum atomic E-state index is 6.00. The van der Waals surface area contributed by atoms with Gasteiger partial charge in [0, 0.05) is 31.5 Å². The first kappa shape index (κ1) is 12.5. The van der Waals surface area contributed by atoms with Gasteiger partial charge in [0.2, 0.25) is 0 Å². The van der Waals surface area contributed by atoms with Gasteiger partial charge in [-0.1, -0.05) is 19.4 Å². The molecule has 0 saturated carbocycles. The summed E-state index contributed by atoms with van der Waals surface area (Å²) in [6.07, 6.45) is 7.62.